The van der Waals surface area contributed by atoms with Crippen molar-refractivity contribution in [1.29, 1.82) is 0 Å². The molecule has 3 aromatic carbocycles. The fourth-order valence-electron chi connectivity index (χ4n) is 3.82. The smallest absolute Gasteiger partial charge is 0.326 e. The Morgan fingerprint density at radius 1 is 0.892 bits per heavy atom. The highest BCUT2D eigenvalue weighted by atomic mass is 32.2. The quantitative estimate of drug-likeness (QED) is 0.409. The van der Waals surface area contributed by atoms with Gasteiger partial charge >= 0.3 is 6.18 Å². The monoisotopic (exact) mass is 530 g/mol. The lowest BCUT2D eigenvalue weighted by Gasteiger charge is -2.24. The molecule has 1 saturated carbocycles. The third-order valence-electron chi connectivity index (χ3n) is 5.87. The number of halogens is 3. The predicted molar refractivity (Wildman–Crippen MR) is 134 cm³/mol. The minimum absolute atomic E-state index is 0.00297. The highest BCUT2D eigenvalue weighted by molar-refractivity contribution is 7.91. The second kappa shape index (κ2) is 10.8. The minimum Gasteiger partial charge on any atom is -0.326 e. The van der Waals surface area contributed by atoms with Gasteiger partial charge in [0.1, 0.15) is 6.54 Å². The van der Waals surface area contributed by atoms with E-state index in [0.29, 0.717) is 16.2 Å². The number of alkyl halides is 3. The fraction of sp³-hybridized carbons (Fsp3) is 0.259. The molecular formula is C27H25F3N2O4S. The number of sulfone groups is 1. The number of para-hydroxylation sites is 1. The molecule has 4 rings (SSSR count). The minimum atomic E-state index is -4.58. The molecule has 1 aliphatic carbocycles. The van der Waals surface area contributed by atoms with Crippen LogP contribution in [0.15, 0.2) is 83.8 Å². The lowest BCUT2D eigenvalue weighted by Crippen LogP contribution is -2.39. The van der Waals surface area contributed by atoms with Crippen LogP contribution in [0.2, 0.25) is 0 Å². The molecule has 6 nitrogen and oxygen atoms in total. The van der Waals surface area contributed by atoms with Crippen LogP contribution >= 0.6 is 0 Å². The van der Waals surface area contributed by atoms with Crippen molar-refractivity contribution in [3.63, 3.8) is 0 Å². The SMILES string of the molecule is O=C(Cc1ccc(S(=O)(=O)CC2CC2)cc1)Nc1ccc(C(=O)N(CC(F)(F)F)c2ccccc2)cc1. The summed E-state index contributed by atoms with van der Waals surface area (Å²) >= 11 is 0. The molecule has 0 aliphatic heterocycles. The van der Waals surface area contributed by atoms with E-state index in [1.165, 1.54) is 48.5 Å². The molecule has 1 N–H and O–H groups in total. The third kappa shape index (κ3) is 7.42. The first-order chi connectivity index (χ1) is 17.5. The molecule has 0 atom stereocenters. The molecule has 1 aliphatic rings. The van der Waals surface area contributed by atoms with Gasteiger partial charge in [-0.1, -0.05) is 30.3 Å². The second-order valence-corrected chi connectivity index (χ2v) is 11.0. The van der Waals surface area contributed by atoms with Gasteiger partial charge in [0.05, 0.1) is 17.1 Å². The summed E-state index contributed by atoms with van der Waals surface area (Å²) < 4.78 is 64.1. The summed E-state index contributed by atoms with van der Waals surface area (Å²) in [5.41, 5.74) is 1.15. The number of hydrogen-bond acceptors (Lipinski definition) is 4. The van der Waals surface area contributed by atoms with Gasteiger partial charge in [0.2, 0.25) is 5.91 Å². The van der Waals surface area contributed by atoms with Gasteiger partial charge in [-0.05, 0) is 72.9 Å². The van der Waals surface area contributed by atoms with Crippen molar-refractivity contribution in [1.82, 2.24) is 0 Å². The molecule has 37 heavy (non-hydrogen) atoms. The maximum Gasteiger partial charge on any atom is 0.406 e. The molecule has 194 valence electrons. The maximum atomic E-state index is 13.1. The summed E-state index contributed by atoms with van der Waals surface area (Å²) in [6, 6.07) is 19.4. The van der Waals surface area contributed by atoms with Crippen LogP contribution in [0, 0.1) is 5.92 Å². The van der Waals surface area contributed by atoms with Crippen molar-refractivity contribution in [2.45, 2.75) is 30.3 Å². The largest absolute Gasteiger partial charge is 0.406 e. The third-order valence-corrected chi connectivity index (χ3v) is 7.77. The topological polar surface area (TPSA) is 83.5 Å². The maximum absolute atomic E-state index is 13.1. The molecule has 1 fully saturated rings. The predicted octanol–water partition coefficient (Wildman–Crippen LogP) is 5.26. The van der Waals surface area contributed by atoms with Crippen molar-refractivity contribution in [3.05, 3.63) is 90.0 Å². The average molecular weight is 531 g/mol. The molecular weight excluding hydrogens is 505 g/mol. The van der Waals surface area contributed by atoms with Crippen LogP contribution in [0.1, 0.15) is 28.8 Å². The van der Waals surface area contributed by atoms with Crippen LogP contribution in [-0.4, -0.2) is 38.7 Å². The lowest BCUT2D eigenvalue weighted by atomic mass is 10.1. The number of benzene rings is 3. The van der Waals surface area contributed by atoms with Gasteiger partial charge in [0, 0.05) is 16.9 Å². The van der Waals surface area contributed by atoms with Crippen LogP contribution in [0.3, 0.4) is 0 Å². The summed E-state index contributed by atoms with van der Waals surface area (Å²) in [4.78, 5) is 26.2. The van der Waals surface area contributed by atoms with E-state index in [2.05, 4.69) is 5.32 Å². The highest BCUT2D eigenvalue weighted by Crippen LogP contribution is 2.32. The van der Waals surface area contributed by atoms with E-state index in [-0.39, 0.29) is 40.1 Å². The lowest BCUT2D eigenvalue weighted by molar-refractivity contribution is -0.118. The zero-order valence-corrected chi connectivity index (χ0v) is 20.6. The highest BCUT2D eigenvalue weighted by Gasteiger charge is 2.34. The molecule has 0 aromatic heterocycles. The zero-order valence-electron chi connectivity index (χ0n) is 19.7. The summed E-state index contributed by atoms with van der Waals surface area (Å²) in [5.74, 6) is -0.804. The Morgan fingerprint density at radius 3 is 2.08 bits per heavy atom. The molecule has 10 heteroatoms. The fourth-order valence-corrected chi connectivity index (χ4v) is 5.51. The van der Waals surface area contributed by atoms with Gasteiger partial charge in [-0.15, -0.1) is 0 Å². The molecule has 0 heterocycles. The molecule has 0 saturated heterocycles. The van der Waals surface area contributed by atoms with E-state index in [9.17, 15) is 31.2 Å². The number of nitrogens with one attached hydrogen (secondary N) is 1. The van der Waals surface area contributed by atoms with Crippen LogP contribution in [-0.2, 0) is 21.1 Å². The molecule has 0 spiro atoms. The van der Waals surface area contributed by atoms with E-state index >= 15 is 0 Å². The van der Waals surface area contributed by atoms with Crippen molar-refractivity contribution in [2.24, 2.45) is 5.92 Å². The summed E-state index contributed by atoms with van der Waals surface area (Å²) in [5, 5.41) is 2.67. The molecule has 0 radical (unpaired) electrons. The summed E-state index contributed by atoms with van der Waals surface area (Å²) in [6.07, 6.45) is -2.72. The van der Waals surface area contributed by atoms with Gasteiger partial charge < -0.3 is 5.32 Å². The number of carbonyl (C=O) groups excluding carboxylic acids is 2. The Labute approximate surface area is 213 Å². The molecule has 0 unspecified atom stereocenters. The molecule has 3 aromatic rings. The standard InChI is InChI=1S/C27H25F3N2O4S/c28-27(29,30)18-32(23-4-2-1-3-5-23)26(34)21-10-12-22(13-11-21)31-25(33)16-19-8-14-24(15-9-19)37(35,36)17-20-6-7-20/h1-5,8-15,20H,6-7,16-18H2,(H,31,33). The first-order valence-electron chi connectivity index (χ1n) is 11.7. The Balaban J connectivity index is 1.38. The van der Waals surface area contributed by atoms with E-state index in [4.69, 9.17) is 0 Å². The Bertz CT molecular complexity index is 1350. The van der Waals surface area contributed by atoms with Crippen molar-refractivity contribution in [3.8, 4) is 0 Å². The van der Waals surface area contributed by atoms with Crippen molar-refractivity contribution < 1.29 is 31.2 Å². The van der Waals surface area contributed by atoms with E-state index < -0.39 is 28.5 Å². The number of hydrogen-bond donors (Lipinski definition) is 1. The van der Waals surface area contributed by atoms with Gasteiger partial charge in [-0.2, -0.15) is 13.2 Å². The number of nitrogens with zero attached hydrogens (tertiary/aromatic N) is 1. The Kier molecular flexibility index (Phi) is 7.68. The van der Waals surface area contributed by atoms with Crippen LogP contribution < -0.4 is 10.2 Å². The summed E-state index contributed by atoms with van der Waals surface area (Å²) in [6.45, 7) is -1.44. The number of anilines is 2. The van der Waals surface area contributed by atoms with Crippen LogP contribution in [0.4, 0.5) is 24.5 Å². The Hall–Kier alpha value is -3.66. The first kappa shape index (κ1) is 26.4. The average Bonchev–Trinajstić information content (AvgIpc) is 3.66. The van der Waals surface area contributed by atoms with Gasteiger partial charge in [-0.25, -0.2) is 8.42 Å². The van der Waals surface area contributed by atoms with Crippen molar-refractivity contribution >= 4 is 33.0 Å². The number of amides is 2. The van der Waals surface area contributed by atoms with E-state index in [1.807, 2.05) is 0 Å². The van der Waals surface area contributed by atoms with E-state index in [0.717, 1.165) is 12.8 Å². The van der Waals surface area contributed by atoms with E-state index in [1.54, 1.807) is 30.3 Å². The molecule has 0 bridgehead atoms. The van der Waals surface area contributed by atoms with Crippen LogP contribution in [0.25, 0.3) is 0 Å². The van der Waals surface area contributed by atoms with Gasteiger partial charge in [-0.3, -0.25) is 14.5 Å². The van der Waals surface area contributed by atoms with Gasteiger partial charge in [0.15, 0.2) is 9.84 Å². The van der Waals surface area contributed by atoms with Gasteiger partial charge in [0.25, 0.3) is 5.91 Å². The first-order valence-corrected chi connectivity index (χ1v) is 13.3. The Morgan fingerprint density at radius 2 is 1.51 bits per heavy atom. The summed E-state index contributed by atoms with van der Waals surface area (Å²) in [7, 11) is -3.33. The normalized spacial score (nSPS) is 13.7. The number of rotatable bonds is 9. The zero-order chi connectivity index (χ0) is 26.6. The van der Waals surface area contributed by atoms with Crippen LogP contribution in [0.5, 0.6) is 0 Å². The molecule has 2 amide bonds. The van der Waals surface area contributed by atoms with Crippen molar-refractivity contribution in [2.75, 3.05) is 22.5 Å². The number of carbonyl (C=O) groups is 2. The second-order valence-electron chi connectivity index (χ2n) is 9.01.